The number of rotatable bonds is 9. The van der Waals surface area contributed by atoms with Gasteiger partial charge in [0.25, 0.3) is 0 Å². The maximum absolute atomic E-state index is 12.8. The molecule has 2 aliphatic heterocycles. The van der Waals surface area contributed by atoms with Crippen LogP contribution < -0.4 is 26.0 Å². The summed E-state index contributed by atoms with van der Waals surface area (Å²) in [7, 11) is 1.92. The second-order valence-electron chi connectivity index (χ2n) is 11.4. The Hall–Kier alpha value is -6.03. The highest BCUT2D eigenvalue weighted by Crippen LogP contribution is 2.57. The summed E-state index contributed by atoms with van der Waals surface area (Å²) in [5.74, 6) is 1.37. The zero-order valence-corrected chi connectivity index (χ0v) is 28.4. The Labute approximate surface area is 300 Å². The van der Waals surface area contributed by atoms with Crippen molar-refractivity contribution in [1.82, 2.24) is 25.6 Å². The van der Waals surface area contributed by atoms with Crippen molar-refractivity contribution in [3.8, 4) is 23.0 Å². The van der Waals surface area contributed by atoms with Crippen molar-refractivity contribution in [3.05, 3.63) is 106 Å². The molecular weight excluding hydrogens is 696 g/mol. The summed E-state index contributed by atoms with van der Waals surface area (Å²) in [6.45, 7) is 1.65. The highest BCUT2D eigenvalue weighted by atomic mass is 35.5. The van der Waals surface area contributed by atoms with Gasteiger partial charge in [-0.2, -0.15) is 0 Å². The number of hydrogen-bond donors (Lipinski definition) is 6. The van der Waals surface area contributed by atoms with E-state index in [1.165, 1.54) is 29.8 Å². The summed E-state index contributed by atoms with van der Waals surface area (Å²) < 4.78 is 16.6. The molecule has 258 valence electrons. The number of esters is 1. The Morgan fingerprint density at radius 1 is 0.843 bits per heavy atom. The lowest BCUT2D eigenvalue weighted by Gasteiger charge is -2.36. The number of nitrogens with one attached hydrogen (secondary N) is 4. The fourth-order valence-electron chi connectivity index (χ4n) is 5.89. The number of phenolic OH excluding ortho intramolecular Hbond substituents is 2. The number of ether oxygens (including phenoxy) is 2. The van der Waals surface area contributed by atoms with E-state index in [4.69, 9.17) is 33.3 Å². The van der Waals surface area contributed by atoms with Gasteiger partial charge in [-0.1, -0.05) is 36.0 Å². The minimum atomic E-state index is -1.24. The monoisotopic (exact) mass is 724 g/mol. The van der Waals surface area contributed by atoms with Gasteiger partial charge in [-0.3, -0.25) is 0 Å². The SMILES string of the molecule is CNCCCNc1nc2nonc2nc1Nc1cccc(Cl)c1.O=C1OC2(c3ccc(O)cc3Oc3cc(O)ccc32)c2ccc(NC=S)cc21. The molecule has 16 heteroatoms. The van der Waals surface area contributed by atoms with E-state index in [-0.39, 0.29) is 11.5 Å². The van der Waals surface area contributed by atoms with Crippen LogP contribution in [0.2, 0.25) is 5.02 Å². The van der Waals surface area contributed by atoms with E-state index in [1.54, 1.807) is 42.5 Å². The fraction of sp³-hybridized carbons (Fsp3) is 0.143. The molecule has 0 atom stereocenters. The van der Waals surface area contributed by atoms with Crippen LogP contribution >= 0.6 is 23.8 Å². The molecule has 0 saturated heterocycles. The molecule has 0 fully saturated rings. The zero-order chi connectivity index (χ0) is 35.5. The number of halogens is 1. The Kier molecular flexibility index (Phi) is 9.23. The number of benzene rings is 4. The molecule has 6 N–H and O–H groups in total. The fourth-order valence-corrected chi connectivity index (χ4v) is 6.21. The van der Waals surface area contributed by atoms with Gasteiger partial charge in [-0.15, -0.1) is 0 Å². The lowest BCUT2D eigenvalue weighted by Crippen LogP contribution is -2.32. The third-order valence-electron chi connectivity index (χ3n) is 8.10. The minimum Gasteiger partial charge on any atom is -0.508 e. The van der Waals surface area contributed by atoms with Gasteiger partial charge in [0, 0.05) is 51.8 Å². The number of carbonyl (C=O) groups is 1. The molecule has 0 aliphatic carbocycles. The van der Waals surface area contributed by atoms with E-state index in [1.807, 2.05) is 19.2 Å². The predicted octanol–water partition coefficient (Wildman–Crippen LogP) is 6.47. The largest absolute Gasteiger partial charge is 0.508 e. The van der Waals surface area contributed by atoms with E-state index in [0.717, 1.165) is 25.2 Å². The van der Waals surface area contributed by atoms with Gasteiger partial charge in [-0.05, 0) is 84.9 Å². The van der Waals surface area contributed by atoms with Crippen molar-refractivity contribution < 1.29 is 29.1 Å². The van der Waals surface area contributed by atoms with E-state index in [9.17, 15) is 15.0 Å². The van der Waals surface area contributed by atoms with Gasteiger partial charge in [0.2, 0.25) is 11.3 Å². The first-order valence-corrected chi connectivity index (χ1v) is 16.5. The molecule has 14 nitrogen and oxygen atoms in total. The first kappa shape index (κ1) is 33.5. The molecular formula is C35H29ClN8O6S. The molecule has 4 aromatic carbocycles. The molecule has 0 radical (unpaired) electrons. The lowest BCUT2D eigenvalue weighted by atomic mass is 9.77. The normalized spacial score (nSPS) is 13.2. The molecule has 0 unspecified atom stereocenters. The minimum absolute atomic E-state index is 0.0163. The number of hydrogen-bond acceptors (Lipinski definition) is 14. The number of aromatic nitrogens is 4. The zero-order valence-electron chi connectivity index (χ0n) is 26.8. The van der Waals surface area contributed by atoms with Crippen LogP contribution in [0, 0.1) is 0 Å². The Morgan fingerprint density at radius 3 is 2.20 bits per heavy atom. The number of thiocarbonyl (C=S) groups is 1. The molecule has 0 saturated carbocycles. The van der Waals surface area contributed by atoms with Crippen LogP contribution in [-0.2, 0) is 10.3 Å². The van der Waals surface area contributed by atoms with Gasteiger partial charge < -0.3 is 41.0 Å². The van der Waals surface area contributed by atoms with Crippen LogP contribution in [0.1, 0.15) is 33.5 Å². The van der Waals surface area contributed by atoms with Gasteiger partial charge >= 0.3 is 5.97 Å². The Bertz CT molecular complexity index is 2230. The van der Waals surface area contributed by atoms with Gasteiger partial charge in [0.05, 0.1) is 11.1 Å². The molecule has 1 spiro atoms. The summed E-state index contributed by atoms with van der Waals surface area (Å²) in [5, 5.41) is 40.3. The summed E-state index contributed by atoms with van der Waals surface area (Å²) in [5.41, 5.74) is 4.53. The second kappa shape index (κ2) is 14.1. The van der Waals surface area contributed by atoms with Gasteiger partial charge in [-0.25, -0.2) is 19.4 Å². The molecule has 4 heterocycles. The highest BCUT2D eigenvalue weighted by Gasteiger charge is 2.53. The molecule has 6 aromatic rings. The number of phenols is 2. The molecule has 8 rings (SSSR count). The van der Waals surface area contributed by atoms with Crippen molar-refractivity contribution >= 4 is 69.6 Å². The number of aromatic hydroxyl groups is 2. The van der Waals surface area contributed by atoms with Crippen LogP contribution in [0.3, 0.4) is 0 Å². The standard InChI is InChI=1S/C21H13NO5S.C14H16ClN7O/c23-12-2-5-16-18(8-12)26-19-9-13(24)3-6-17(19)21(16)15-4-1-11(22-10-28)7-14(15)20(25)27-21;1-16-6-3-7-17-11-12(18-10-5-2-4-9(15)8-10)20-14-13(19-11)21-23-22-14/h1-10,23-24H,(H,22,28);2,4-5,8,16H,3,6-7H2,1H3,(H,17,19,21)(H,18,20,22). The van der Waals surface area contributed by atoms with E-state index in [0.29, 0.717) is 67.4 Å². The Morgan fingerprint density at radius 2 is 1.53 bits per heavy atom. The second-order valence-corrected chi connectivity index (χ2v) is 12.1. The lowest BCUT2D eigenvalue weighted by molar-refractivity contribution is 0.0224. The molecule has 51 heavy (non-hydrogen) atoms. The van der Waals surface area contributed by atoms with Crippen LogP contribution in [-0.4, -0.2) is 62.1 Å². The number of carbonyl (C=O) groups excluding carboxylic acids is 1. The topological polar surface area (TPSA) is 189 Å². The third kappa shape index (κ3) is 6.52. The van der Waals surface area contributed by atoms with E-state index < -0.39 is 11.6 Å². The van der Waals surface area contributed by atoms with Crippen molar-refractivity contribution in [2.45, 2.75) is 12.0 Å². The van der Waals surface area contributed by atoms with Crippen LogP contribution in [0.25, 0.3) is 11.3 Å². The van der Waals surface area contributed by atoms with E-state index >= 15 is 0 Å². The number of nitrogens with zero attached hydrogens (tertiary/aromatic N) is 4. The first-order valence-electron chi connectivity index (χ1n) is 15.6. The average molecular weight is 725 g/mol. The van der Waals surface area contributed by atoms with Crippen LogP contribution in [0.5, 0.6) is 23.0 Å². The van der Waals surface area contributed by atoms with Crippen molar-refractivity contribution in [1.29, 1.82) is 0 Å². The first-order chi connectivity index (χ1) is 24.8. The van der Waals surface area contributed by atoms with Crippen LogP contribution in [0.15, 0.2) is 83.5 Å². The molecule has 0 bridgehead atoms. The molecule has 0 amide bonds. The van der Waals surface area contributed by atoms with Crippen molar-refractivity contribution in [2.75, 3.05) is 36.1 Å². The molecule has 2 aliphatic rings. The summed E-state index contributed by atoms with van der Waals surface area (Å²) >= 11 is 10.8. The Balaban J connectivity index is 0.000000163. The van der Waals surface area contributed by atoms with Crippen molar-refractivity contribution in [2.24, 2.45) is 0 Å². The van der Waals surface area contributed by atoms with Gasteiger partial charge in [0.15, 0.2) is 17.2 Å². The number of fused-ring (bicyclic) bond motifs is 7. The van der Waals surface area contributed by atoms with Crippen molar-refractivity contribution in [3.63, 3.8) is 0 Å². The molecule has 2 aromatic heterocycles. The third-order valence-corrected chi connectivity index (χ3v) is 8.45. The van der Waals surface area contributed by atoms with E-state index in [2.05, 4.69) is 46.2 Å². The maximum Gasteiger partial charge on any atom is 0.340 e. The smallest absolute Gasteiger partial charge is 0.340 e. The summed E-state index contributed by atoms with van der Waals surface area (Å²) in [6, 6.07) is 21.9. The summed E-state index contributed by atoms with van der Waals surface area (Å²) in [6.07, 6.45) is 0.948. The maximum atomic E-state index is 12.8. The summed E-state index contributed by atoms with van der Waals surface area (Å²) in [4.78, 5) is 21.6. The van der Waals surface area contributed by atoms with Crippen LogP contribution in [0.4, 0.5) is 23.0 Å². The average Bonchev–Trinajstić information content (AvgIpc) is 3.68. The highest BCUT2D eigenvalue weighted by molar-refractivity contribution is 7.79. The van der Waals surface area contributed by atoms with Gasteiger partial charge in [0.1, 0.15) is 23.0 Å². The number of anilines is 4. The quantitative estimate of drug-likeness (QED) is 0.0541. The predicted molar refractivity (Wildman–Crippen MR) is 194 cm³/mol.